The summed E-state index contributed by atoms with van der Waals surface area (Å²) in [6, 6.07) is 4.46. The molecular weight excluding hydrogens is 293 g/mol. The van der Waals surface area contributed by atoms with Gasteiger partial charge in [-0.1, -0.05) is 23.5 Å². The highest BCUT2D eigenvalue weighted by Crippen LogP contribution is 2.33. The van der Waals surface area contributed by atoms with Crippen molar-refractivity contribution in [1.29, 1.82) is 0 Å². The van der Waals surface area contributed by atoms with E-state index in [1.807, 2.05) is 0 Å². The summed E-state index contributed by atoms with van der Waals surface area (Å²) in [7, 11) is 1.19. The molecule has 1 aromatic heterocycles. The number of alkyl halides is 3. The number of benzene rings is 1. The first kappa shape index (κ1) is 14.3. The van der Waals surface area contributed by atoms with E-state index in [2.05, 4.69) is 9.72 Å². The van der Waals surface area contributed by atoms with Crippen LogP contribution in [-0.2, 0) is 10.9 Å². The van der Waals surface area contributed by atoms with Gasteiger partial charge in [-0.15, -0.1) is 0 Å². The van der Waals surface area contributed by atoms with E-state index < -0.39 is 17.7 Å². The predicted octanol–water partition coefficient (Wildman–Crippen LogP) is 3.20. The lowest BCUT2D eigenvalue weighted by molar-refractivity contribution is -0.137. The quantitative estimate of drug-likeness (QED) is 0.865. The lowest BCUT2D eigenvalue weighted by Gasteiger charge is -2.06. The number of ether oxygens (including phenoxy) is 1. The summed E-state index contributed by atoms with van der Waals surface area (Å²) < 4.78 is 41.8. The van der Waals surface area contributed by atoms with E-state index in [1.54, 1.807) is 0 Å². The third kappa shape index (κ3) is 2.74. The molecule has 2 N–H and O–H groups in total. The van der Waals surface area contributed by atoms with Gasteiger partial charge in [0.25, 0.3) is 0 Å². The normalized spacial score (nSPS) is 11.4. The van der Waals surface area contributed by atoms with Crippen LogP contribution in [0.2, 0.25) is 0 Å². The Balaban J connectivity index is 2.35. The maximum atomic E-state index is 12.4. The van der Waals surface area contributed by atoms with Gasteiger partial charge in [0.05, 0.1) is 12.7 Å². The van der Waals surface area contributed by atoms with Crippen molar-refractivity contribution in [3.63, 3.8) is 0 Å². The molecule has 0 aliphatic carbocycles. The number of nitrogens with zero attached hydrogens (tertiary/aromatic N) is 1. The van der Waals surface area contributed by atoms with Crippen LogP contribution in [0.5, 0.6) is 0 Å². The molecule has 0 aliphatic heterocycles. The van der Waals surface area contributed by atoms with Crippen molar-refractivity contribution in [2.24, 2.45) is 0 Å². The van der Waals surface area contributed by atoms with Crippen LogP contribution in [0.3, 0.4) is 0 Å². The number of nitrogens with two attached hydrogens (primary N) is 1. The van der Waals surface area contributed by atoms with Crippen molar-refractivity contribution in [1.82, 2.24) is 4.98 Å². The Bertz CT molecular complexity index is 635. The minimum absolute atomic E-state index is 0.0348. The Morgan fingerprint density at radius 1 is 1.30 bits per heavy atom. The molecule has 0 bridgehead atoms. The Kier molecular flexibility index (Phi) is 3.67. The van der Waals surface area contributed by atoms with E-state index in [0.29, 0.717) is 10.6 Å². The summed E-state index contributed by atoms with van der Waals surface area (Å²) in [5.41, 5.74) is 5.29. The van der Waals surface area contributed by atoms with Crippen molar-refractivity contribution in [3.05, 3.63) is 35.5 Å². The largest absolute Gasteiger partial charge is 0.464 e. The van der Waals surface area contributed by atoms with Crippen LogP contribution in [0.15, 0.2) is 24.3 Å². The summed E-state index contributed by atoms with van der Waals surface area (Å²) in [5.74, 6) is -0.683. The second-order valence-corrected chi connectivity index (χ2v) is 4.83. The van der Waals surface area contributed by atoms with Gasteiger partial charge < -0.3 is 10.5 Å². The van der Waals surface area contributed by atoms with Crippen molar-refractivity contribution in [3.8, 4) is 10.6 Å². The van der Waals surface area contributed by atoms with Crippen LogP contribution >= 0.6 is 11.3 Å². The Morgan fingerprint density at radius 3 is 2.40 bits per heavy atom. The van der Waals surface area contributed by atoms with Crippen molar-refractivity contribution in [2.45, 2.75) is 6.18 Å². The molecule has 0 spiro atoms. The van der Waals surface area contributed by atoms with E-state index in [9.17, 15) is 18.0 Å². The van der Waals surface area contributed by atoms with E-state index in [0.717, 1.165) is 23.5 Å². The van der Waals surface area contributed by atoms with E-state index >= 15 is 0 Å². The molecule has 0 unspecified atom stereocenters. The number of methoxy groups -OCH3 is 1. The number of carbonyl (C=O) groups excluding carboxylic acids is 1. The fraction of sp³-hybridized carbons (Fsp3) is 0.167. The fourth-order valence-corrected chi connectivity index (χ4v) is 2.32. The van der Waals surface area contributed by atoms with Crippen LogP contribution in [0.25, 0.3) is 10.6 Å². The number of thiazole rings is 1. The molecule has 0 aliphatic rings. The third-order valence-corrected chi connectivity index (χ3v) is 3.42. The monoisotopic (exact) mass is 302 g/mol. The molecule has 2 rings (SSSR count). The number of nitrogen functional groups attached to an aromatic ring is 1. The molecule has 20 heavy (non-hydrogen) atoms. The number of anilines is 1. The number of hydrogen-bond donors (Lipinski definition) is 1. The Hall–Kier alpha value is -2.09. The topological polar surface area (TPSA) is 65.2 Å². The smallest absolute Gasteiger partial charge is 0.416 e. The number of aromatic nitrogens is 1. The molecule has 8 heteroatoms. The van der Waals surface area contributed by atoms with Gasteiger partial charge in [0.15, 0.2) is 5.69 Å². The molecule has 0 fully saturated rings. The Morgan fingerprint density at radius 2 is 1.90 bits per heavy atom. The molecule has 0 amide bonds. The second kappa shape index (κ2) is 5.12. The summed E-state index contributed by atoms with van der Waals surface area (Å²) in [6.07, 6.45) is -4.39. The van der Waals surface area contributed by atoms with Crippen LogP contribution in [0.4, 0.5) is 18.2 Å². The highest BCUT2D eigenvalue weighted by molar-refractivity contribution is 7.19. The molecule has 0 radical (unpaired) electrons. The number of halogens is 3. The Labute approximate surface area is 116 Å². The van der Waals surface area contributed by atoms with Gasteiger partial charge in [-0.2, -0.15) is 13.2 Å². The van der Waals surface area contributed by atoms with Gasteiger partial charge in [0.2, 0.25) is 0 Å². The molecule has 0 saturated carbocycles. The maximum Gasteiger partial charge on any atom is 0.416 e. The minimum atomic E-state index is -4.39. The lowest BCUT2D eigenvalue weighted by Crippen LogP contribution is -2.04. The van der Waals surface area contributed by atoms with Gasteiger partial charge in [-0.3, -0.25) is 0 Å². The number of carbonyl (C=O) groups is 1. The molecule has 1 aromatic carbocycles. The van der Waals surface area contributed by atoms with Crippen LogP contribution in [-0.4, -0.2) is 18.1 Å². The van der Waals surface area contributed by atoms with Gasteiger partial charge >= 0.3 is 12.1 Å². The third-order valence-electron chi connectivity index (χ3n) is 2.49. The summed E-state index contributed by atoms with van der Waals surface area (Å²) in [5, 5.41) is 0.517. The van der Waals surface area contributed by atoms with Gasteiger partial charge in [-0.05, 0) is 12.1 Å². The van der Waals surface area contributed by atoms with E-state index in [-0.39, 0.29) is 10.7 Å². The standard InChI is InChI=1S/C12H9F3N2O2S/c1-19-11(18)8-9(16)20-10(17-8)6-2-4-7(5-3-6)12(13,14)15/h2-5H,16H2,1H3. The summed E-state index contributed by atoms with van der Waals surface area (Å²) in [6.45, 7) is 0. The predicted molar refractivity (Wildman–Crippen MR) is 68.3 cm³/mol. The lowest BCUT2D eigenvalue weighted by atomic mass is 10.1. The SMILES string of the molecule is COC(=O)c1nc(-c2ccc(C(F)(F)F)cc2)sc1N. The zero-order valence-electron chi connectivity index (χ0n) is 10.2. The molecule has 0 atom stereocenters. The molecule has 0 saturated heterocycles. The van der Waals surface area contributed by atoms with Crippen LogP contribution in [0.1, 0.15) is 16.1 Å². The molecular formula is C12H9F3N2O2S. The van der Waals surface area contributed by atoms with Crippen LogP contribution < -0.4 is 5.73 Å². The molecule has 106 valence electrons. The zero-order valence-corrected chi connectivity index (χ0v) is 11.0. The fourth-order valence-electron chi connectivity index (χ4n) is 1.50. The number of rotatable bonds is 2. The first-order valence-electron chi connectivity index (χ1n) is 5.35. The highest BCUT2D eigenvalue weighted by Gasteiger charge is 2.30. The highest BCUT2D eigenvalue weighted by atomic mass is 32.1. The van der Waals surface area contributed by atoms with Crippen molar-refractivity contribution < 1.29 is 22.7 Å². The average molecular weight is 302 g/mol. The summed E-state index contributed by atoms with van der Waals surface area (Å²) in [4.78, 5) is 15.3. The number of hydrogen-bond acceptors (Lipinski definition) is 5. The second-order valence-electron chi connectivity index (χ2n) is 3.80. The first-order valence-corrected chi connectivity index (χ1v) is 6.17. The molecule has 4 nitrogen and oxygen atoms in total. The molecule has 2 aromatic rings. The summed E-state index contributed by atoms with van der Waals surface area (Å²) >= 11 is 1.01. The minimum Gasteiger partial charge on any atom is -0.464 e. The maximum absolute atomic E-state index is 12.4. The van der Waals surface area contributed by atoms with Gasteiger partial charge in [-0.25, -0.2) is 9.78 Å². The molecule has 1 heterocycles. The average Bonchev–Trinajstić information content (AvgIpc) is 2.79. The van der Waals surface area contributed by atoms with Crippen molar-refractivity contribution in [2.75, 3.05) is 12.8 Å². The van der Waals surface area contributed by atoms with Gasteiger partial charge in [0, 0.05) is 5.56 Å². The van der Waals surface area contributed by atoms with E-state index in [1.165, 1.54) is 19.2 Å². The first-order chi connectivity index (χ1) is 9.32. The zero-order chi connectivity index (χ0) is 14.9. The van der Waals surface area contributed by atoms with Crippen molar-refractivity contribution >= 4 is 22.3 Å². The van der Waals surface area contributed by atoms with Crippen LogP contribution in [0, 0.1) is 0 Å². The van der Waals surface area contributed by atoms with E-state index in [4.69, 9.17) is 5.73 Å². The van der Waals surface area contributed by atoms with Gasteiger partial charge in [0.1, 0.15) is 10.0 Å². The number of esters is 1.